The van der Waals surface area contributed by atoms with Gasteiger partial charge in [0, 0.05) is 24.9 Å². The Balaban J connectivity index is 2.72. The normalized spacial score (nSPS) is 18.1. The first-order valence-corrected chi connectivity index (χ1v) is 13.2. The Morgan fingerprint density at radius 2 is 1.39 bits per heavy atom. The minimum atomic E-state index is -0.413. The predicted octanol–water partition coefficient (Wildman–Crippen LogP) is 7.81. The lowest BCUT2D eigenvalue weighted by Gasteiger charge is -2.45. The summed E-state index contributed by atoms with van der Waals surface area (Å²) in [6.07, 6.45) is 16.6. The molecule has 1 aliphatic heterocycles. The first-order valence-electron chi connectivity index (χ1n) is 13.2. The van der Waals surface area contributed by atoms with Gasteiger partial charge >= 0.3 is 0 Å². The zero-order valence-electron chi connectivity index (χ0n) is 22.0. The Bertz CT molecular complexity index is 531. The second-order valence-corrected chi connectivity index (χ2v) is 12.1. The lowest BCUT2D eigenvalue weighted by Crippen LogP contribution is -2.48. The lowest BCUT2D eigenvalue weighted by molar-refractivity contribution is -0.144. The summed E-state index contributed by atoms with van der Waals surface area (Å²) in [7, 11) is 0. The number of carbonyl (C=O) groups is 2. The van der Waals surface area contributed by atoms with Gasteiger partial charge in [-0.15, -0.1) is 0 Å². The zero-order valence-corrected chi connectivity index (χ0v) is 22.0. The van der Waals surface area contributed by atoms with Crippen LogP contribution in [0.2, 0.25) is 0 Å². The quantitative estimate of drug-likeness (QED) is 0.194. The lowest BCUT2D eigenvalue weighted by atomic mass is 9.66. The molecule has 1 rings (SSSR count). The maximum atomic E-state index is 13.4. The first-order chi connectivity index (χ1) is 14.5. The van der Waals surface area contributed by atoms with Crippen LogP contribution in [0, 0.1) is 22.2 Å². The third-order valence-corrected chi connectivity index (χ3v) is 7.86. The molecule has 0 aromatic rings. The van der Waals surface area contributed by atoms with E-state index in [9.17, 15) is 9.59 Å². The van der Waals surface area contributed by atoms with Crippen molar-refractivity contribution >= 4 is 12.2 Å². The monoisotopic (exact) mass is 435 g/mol. The van der Waals surface area contributed by atoms with Gasteiger partial charge in [0.05, 0.1) is 0 Å². The molecule has 1 atom stereocenters. The van der Waals surface area contributed by atoms with Gasteiger partial charge in [-0.2, -0.15) is 0 Å². The third-order valence-electron chi connectivity index (χ3n) is 7.86. The van der Waals surface area contributed by atoms with Crippen LogP contribution >= 0.6 is 0 Å². The average molecular weight is 436 g/mol. The minimum absolute atomic E-state index is 0.129. The summed E-state index contributed by atoms with van der Waals surface area (Å²) in [5.74, 6) is 1.02. The fourth-order valence-corrected chi connectivity index (χ4v) is 6.04. The Kier molecular flexibility index (Phi) is 11.8. The smallest absolute Gasteiger partial charge is 0.228 e. The van der Waals surface area contributed by atoms with E-state index in [0.717, 1.165) is 44.6 Å². The molecule has 0 bridgehead atoms. The number of hydrogen-bond acceptors (Lipinski definition) is 2. The summed E-state index contributed by atoms with van der Waals surface area (Å²) < 4.78 is 0. The number of amides is 1. The van der Waals surface area contributed by atoms with Crippen LogP contribution in [0.15, 0.2) is 0 Å². The number of rotatable bonds is 15. The molecule has 0 aliphatic carbocycles. The molecule has 0 N–H and O–H groups in total. The van der Waals surface area contributed by atoms with Crippen molar-refractivity contribution in [1.82, 2.24) is 4.90 Å². The largest absolute Gasteiger partial charge is 0.342 e. The maximum Gasteiger partial charge on any atom is 0.228 e. The average Bonchev–Trinajstić information content (AvgIpc) is 2.70. The van der Waals surface area contributed by atoms with Crippen molar-refractivity contribution in [2.75, 3.05) is 13.1 Å². The molecule has 1 heterocycles. The van der Waals surface area contributed by atoms with Gasteiger partial charge in [-0.05, 0) is 48.9 Å². The van der Waals surface area contributed by atoms with Crippen molar-refractivity contribution in [3.63, 3.8) is 0 Å². The Morgan fingerprint density at radius 3 is 1.90 bits per heavy atom. The molecule has 0 saturated carbocycles. The highest BCUT2D eigenvalue weighted by Crippen LogP contribution is 2.45. The van der Waals surface area contributed by atoms with Gasteiger partial charge in [0.15, 0.2) is 0 Å². The zero-order chi connectivity index (χ0) is 23.5. The van der Waals surface area contributed by atoms with Crippen LogP contribution < -0.4 is 0 Å². The molecule has 0 radical (unpaired) electrons. The Hall–Kier alpha value is -0.860. The van der Waals surface area contributed by atoms with E-state index >= 15 is 0 Å². The van der Waals surface area contributed by atoms with E-state index < -0.39 is 5.41 Å². The number of likely N-dealkylation sites (tertiary alicyclic amines) is 1. The minimum Gasteiger partial charge on any atom is -0.342 e. The van der Waals surface area contributed by atoms with Crippen molar-refractivity contribution in [3.05, 3.63) is 0 Å². The van der Waals surface area contributed by atoms with Crippen molar-refractivity contribution in [2.24, 2.45) is 22.2 Å². The molecular weight excluding hydrogens is 382 g/mol. The second kappa shape index (κ2) is 13.0. The summed E-state index contributed by atoms with van der Waals surface area (Å²) in [5, 5.41) is 0. The number of hydrogen-bond donors (Lipinski definition) is 0. The van der Waals surface area contributed by atoms with E-state index in [-0.39, 0.29) is 11.3 Å². The third kappa shape index (κ3) is 9.26. The van der Waals surface area contributed by atoms with Crippen LogP contribution in [-0.4, -0.2) is 30.2 Å². The van der Waals surface area contributed by atoms with Crippen LogP contribution in [0.3, 0.4) is 0 Å². The summed E-state index contributed by atoms with van der Waals surface area (Å²) in [5.41, 5.74) is -0.112. The number of aldehydes is 1. The fraction of sp³-hybridized carbons (Fsp3) is 0.929. The molecule has 1 amide bonds. The number of unbranched alkanes of at least 4 members (excludes halogenated alkanes) is 5. The van der Waals surface area contributed by atoms with Gasteiger partial charge in [0.25, 0.3) is 0 Å². The topological polar surface area (TPSA) is 37.4 Å². The maximum absolute atomic E-state index is 13.4. The van der Waals surface area contributed by atoms with Crippen LogP contribution in [-0.2, 0) is 9.59 Å². The molecule has 1 saturated heterocycles. The van der Waals surface area contributed by atoms with E-state index in [2.05, 4.69) is 53.4 Å². The fourth-order valence-electron chi connectivity index (χ4n) is 6.04. The molecule has 0 aromatic carbocycles. The van der Waals surface area contributed by atoms with Crippen molar-refractivity contribution in [3.8, 4) is 0 Å². The molecule has 3 heteroatoms. The van der Waals surface area contributed by atoms with Gasteiger partial charge in [-0.25, -0.2) is 0 Å². The van der Waals surface area contributed by atoms with Gasteiger partial charge < -0.3 is 9.69 Å². The van der Waals surface area contributed by atoms with Gasteiger partial charge in [0.2, 0.25) is 5.91 Å². The molecule has 0 spiro atoms. The number of piperidine rings is 1. The van der Waals surface area contributed by atoms with Crippen LogP contribution in [0.5, 0.6) is 0 Å². The summed E-state index contributed by atoms with van der Waals surface area (Å²) in [6, 6.07) is 0. The van der Waals surface area contributed by atoms with Crippen molar-refractivity contribution in [2.45, 2.75) is 132 Å². The van der Waals surface area contributed by atoms with E-state index in [0.29, 0.717) is 11.8 Å². The number of nitrogens with zero attached hydrogens (tertiary/aromatic N) is 1. The molecule has 1 unspecified atom stereocenters. The summed E-state index contributed by atoms with van der Waals surface area (Å²) >= 11 is 0. The molecule has 182 valence electrons. The van der Waals surface area contributed by atoms with Gasteiger partial charge in [0.1, 0.15) is 6.29 Å². The van der Waals surface area contributed by atoms with Gasteiger partial charge in [-0.3, -0.25) is 4.79 Å². The van der Waals surface area contributed by atoms with Crippen LogP contribution in [0.4, 0.5) is 0 Å². The highest BCUT2D eigenvalue weighted by Gasteiger charge is 2.41. The second-order valence-electron chi connectivity index (χ2n) is 12.1. The van der Waals surface area contributed by atoms with Crippen molar-refractivity contribution in [1.29, 1.82) is 0 Å². The Morgan fingerprint density at radius 1 is 0.871 bits per heavy atom. The molecule has 1 aliphatic rings. The van der Waals surface area contributed by atoms with Crippen molar-refractivity contribution < 1.29 is 9.59 Å². The molecule has 1 fully saturated rings. The molecule has 31 heavy (non-hydrogen) atoms. The Labute approximate surface area is 194 Å². The molecular formula is C28H53NO2. The van der Waals surface area contributed by atoms with Crippen LogP contribution in [0.25, 0.3) is 0 Å². The number of carbonyl (C=O) groups excluding carboxylic acids is 2. The first kappa shape index (κ1) is 28.2. The highest BCUT2D eigenvalue weighted by atomic mass is 16.2. The molecule has 3 nitrogen and oxygen atoms in total. The van der Waals surface area contributed by atoms with E-state index in [4.69, 9.17) is 0 Å². The predicted molar refractivity (Wildman–Crippen MR) is 133 cm³/mol. The van der Waals surface area contributed by atoms with E-state index in [1.54, 1.807) is 0 Å². The summed E-state index contributed by atoms with van der Waals surface area (Å²) in [4.78, 5) is 26.5. The van der Waals surface area contributed by atoms with E-state index in [1.165, 1.54) is 57.8 Å². The summed E-state index contributed by atoms with van der Waals surface area (Å²) in [6.45, 7) is 17.3. The SMILES string of the molecule is CCCCCCC(C)(CCCCC)C1CCN(C(=O)C(C)(C)CC(C)(C)CC=O)CC1. The van der Waals surface area contributed by atoms with Gasteiger partial charge in [-0.1, -0.05) is 93.4 Å². The standard InChI is InChI=1S/C28H53NO2/c1-8-10-12-14-18-28(7,17-13-11-9-2)24-15-20-29(21-16-24)25(31)27(5,6)23-26(3,4)19-22-30/h22,24H,8-21,23H2,1-7H3. The van der Waals surface area contributed by atoms with Crippen LogP contribution in [0.1, 0.15) is 132 Å². The van der Waals surface area contributed by atoms with E-state index in [1.807, 2.05) is 0 Å². The highest BCUT2D eigenvalue weighted by molar-refractivity contribution is 5.82. The molecule has 0 aromatic heterocycles.